The predicted octanol–water partition coefficient (Wildman–Crippen LogP) is 1.28. The summed E-state index contributed by atoms with van der Waals surface area (Å²) in [4.78, 5) is 5.34. The maximum atomic E-state index is 5.76. The van der Waals surface area contributed by atoms with Crippen molar-refractivity contribution >= 4 is 0 Å². The van der Waals surface area contributed by atoms with E-state index in [1.54, 1.807) is 0 Å². The highest BCUT2D eigenvalue weighted by Gasteiger charge is 2.29. The third kappa shape index (κ3) is 3.44. The van der Waals surface area contributed by atoms with E-state index in [1.165, 1.54) is 64.8 Å². The van der Waals surface area contributed by atoms with Crippen molar-refractivity contribution in [2.45, 2.75) is 51.1 Å². The van der Waals surface area contributed by atoms with Crippen LogP contribution < -0.4 is 5.73 Å². The van der Waals surface area contributed by atoms with E-state index in [4.69, 9.17) is 5.73 Å². The summed E-state index contributed by atoms with van der Waals surface area (Å²) in [7, 11) is 0. The molecule has 2 rings (SSSR count). The van der Waals surface area contributed by atoms with Crippen LogP contribution >= 0.6 is 0 Å². The summed E-state index contributed by atoms with van der Waals surface area (Å²) in [5, 5.41) is 0. The van der Waals surface area contributed by atoms with Gasteiger partial charge in [0.25, 0.3) is 0 Å². The van der Waals surface area contributed by atoms with Crippen molar-refractivity contribution in [2.24, 2.45) is 5.73 Å². The van der Waals surface area contributed by atoms with E-state index in [9.17, 15) is 0 Å². The van der Waals surface area contributed by atoms with Gasteiger partial charge in [-0.05, 0) is 45.7 Å². The summed E-state index contributed by atoms with van der Waals surface area (Å²) in [6.07, 6.45) is 6.65. The molecule has 0 aromatic rings. The van der Waals surface area contributed by atoms with Crippen molar-refractivity contribution in [2.75, 3.05) is 32.7 Å². The molecule has 3 heteroatoms. The van der Waals surface area contributed by atoms with Crippen molar-refractivity contribution < 1.29 is 0 Å². The van der Waals surface area contributed by atoms with E-state index in [-0.39, 0.29) is 0 Å². The normalized spacial score (nSPS) is 29.2. The van der Waals surface area contributed by atoms with E-state index < -0.39 is 0 Å². The molecule has 0 amide bonds. The standard InChI is InChI=1S/C13H27N3/c1-12(14)5-2-3-7-15-9-10-16-8-4-6-13(16)11-15/h12-13H,2-11,14H2,1H3. The quantitative estimate of drug-likeness (QED) is 0.716. The molecule has 94 valence electrons. The number of unbranched alkanes of at least 4 members (excludes halogenated alkanes) is 1. The van der Waals surface area contributed by atoms with Crippen LogP contribution in [0.25, 0.3) is 0 Å². The first kappa shape index (κ1) is 12.3. The molecule has 16 heavy (non-hydrogen) atoms. The van der Waals surface area contributed by atoms with Gasteiger partial charge >= 0.3 is 0 Å². The third-order valence-corrected chi connectivity index (χ3v) is 4.06. The van der Waals surface area contributed by atoms with Crippen LogP contribution in [-0.4, -0.2) is 54.6 Å². The maximum absolute atomic E-state index is 5.76. The first-order chi connectivity index (χ1) is 7.75. The van der Waals surface area contributed by atoms with Crippen molar-refractivity contribution in [3.05, 3.63) is 0 Å². The lowest BCUT2D eigenvalue weighted by Gasteiger charge is -2.37. The molecule has 2 atom stereocenters. The van der Waals surface area contributed by atoms with Crippen molar-refractivity contribution in [3.63, 3.8) is 0 Å². The largest absolute Gasteiger partial charge is 0.328 e. The lowest BCUT2D eigenvalue weighted by atomic mass is 10.1. The van der Waals surface area contributed by atoms with Crippen LogP contribution in [0.1, 0.15) is 39.0 Å². The first-order valence-corrected chi connectivity index (χ1v) is 6.97. The van der Waals surface area contributed by atoms with Gasteiger partial charge in [0, 0.05) is 31.7 Å². The van der Waals surface area contributed by atoms with Crippen LogP contribution in [0.3, 0.4) is 0 Å². The Hall–Kier alpha value is -0.120. The molecule has 2 aliphatic heterocycles. The molecular weight excluding hydrogens is 198 g/mol. The van der Waals surface area contributed by atoms with Gasteiger partial charge in [0.15, 0.2) is 0 Å². The molecule has 0 saturated carbocycles. The highest BCUT2D eigenvalue weighted by molar-refractivity contribution is 4.86. The molecule has 2 heterocycles. The van der Waals surface area contributed by atoms with Gasteiger partial charge < -0.3 is 10.6 Å². The fraction of sp³-hybridized carbons (Fsp3) is 1.00. The summed E-state index contributed by atoms with van der Waals surface area (Å²) in [6, 6.07) is 1.26. The number of rotatable bonds is 5. The van der Waals surface area contributed by atoms with Crippen LogP contribution in [0.5, 0.6) is 0 Å². The molecule has 3 nitrogen and oxygen atoms in total. The van der Waals surface area contributed by atoms with Crippen LogP contribution in [0.2, 0.25) is 0 Å². The number of piperazine rings is 1. The Labute approximate surface area is 100.0 Å². The molecule has 0 spiro atoms. The van der Waals surface area contributed by atoms with Crippen LogP contribution in [0.4, 0.5) is 0 Å². The number of hydrogen-bond donors (Lipinski definition) is 1. The third-order valence-electron chi connectivity index (χ3n) is 4.06. The van der Waals surface area contributed by atoms with Crippen molar-refractivity contribution in [1.29, 1.82) is 0 Å². The van der Waals surface area contributed by atoms with Gasteiger partial charge in [-0.1, -0.05) is 6.42 Å². The fourth-order valence-corrected chi connectivity index (χ4v) is 3.06. The zero-order valence-corrected chi connectivity index (χ0v) is 10.7. The van der Waals surface area contributed by atoms with E-state index in [2.05, 4.69) is 16.7 Å². The van der Waals surface area contributed by atoms with E-state index in [0.29, 0.717) is 6.04 Å². The van der Waals surface area contributed by atoms with Crippen LogP contribution in [0.15, 0.2) is 0 Å². The summed E-state index contributed by atoms with van der Waals surface area (Å²) in [6.45, 7) is 8.66. The summed E-state index contributed by atoms with van der Waals surface area (Å²) in [5.41, 5.74) is 5.76. The molecule has 0 aromatic heterocycles. The van der Waals surface area contributed by atoms with Crippen LogP contribution in [-0.2, 0) is 0 Å². The van der Waals surface area contributed by atoms with Gasteiger partial charge in [-0.25, -0.2) is 0 Å². The summed E-state index contributed by atoms with van der Waals surface area (Å²) >= 11 is 0. The Bertz CT molecular complexity index is 205. The van der Waals surface area contributed by atoms with Crippen LogP contribution in [0, 0.1) is 0 Å². The van der Waals surface area contributed by atoms with Gasteiger partial charge in [-0.2, -0.15) is 0 Å². The fourth-order valence-electron chi connectivity index (χ4n) is 3.06. The lowest BCUT2D eigenvalue weighted by molar-refractivity contribution is 0.103. The molecule has 0 bridgehead atoms. The van der Waals surface area contributed by atoms with Gasteiger partial charge in [-0.15, -0.1) is 0 Å². The van der Waals surface area contributed by atoms with Crippen molar-refractivity contribution in [3.8, 4) is 0 Å². The Balaban J connectivity index is 1.60. The Morgan fingerprint density at radius 2 is 2.12 bits per heavy atom. The molecule has 2 fully saturated rings. The molecular formula is C13H27N3. The molecule has 2 aliphatic rings. The maximum Gasteiger partial charge on any atom is 0.0224 e. The van der Waals surface area contributed by atoms with Gasteiger partial charge in [0.1, 0.15) is 0 Å². The minimum absolute atomic E-state index is 0.381. The highest BCUT2D eigenvalue weighted by Crippen LogP contribution is 2.21. The second-order valence-corrected chi connectivity index (χ2v) is 5.61. The van der Waals surface area contributed by atoms with Gasteiger partial charge in [0.05, 0.1) is 0 Å². The smallest absolute Gasteiger partial charge is 0.0224 e. The minimum Gasteiger partial charge on any atom is -0.328 e. The summed E-state index contributed by atoms with van der Waals surface area (Å²) < 4.78 is 0. The Morgan fingerprint density at radius 1 is 1.25 bits per heavy atom. The number of nitrogens with two attached hydrogens (primary N) is 1. The molecule has 0 aliphatic carbocycles. The number of hydrogen-bond acceptors (Lipinski definition) is 3. The van der Waals surface area contributed by atoms with E-state index in [1.807, 2.05) is 0 Å². The summed E-state index contributed by atoms with van der Waals surface area (Å²) in [5.74, 6) is 0. The molecule has 0 radical (unpaired) electrons. The average molecular weight is 225 g/mol. The predicted molar refractivity (Wildman–Crippen MR) is 68.5 cm³/mol. The van der Waals surface area contributed by atoms with E-state index in [0.717, 1.165) is 6.04 Å². The number of nitrogens with zero attached hydrogens (tertiary/aromatic N) is 2. The molecule has 2 unspecified atom stereocenters. The Kier molecular flexibility index (Phi) is 4.62. The second-order valence-electron chi connectivity index (χ2n) is 5.61. The monoisotopic (exact) mass is 225 g/mol. The second kappa shape index (κ2) is 5.99. The molecule has 2 N–H and O–H groups in total. The van der Waals surface area contributed by atoms with Gasteiger partial charge in [-0.3, -0.25) is 4.90 Å². The lowest BCUT2D eigenvalue weighted by Crippen LogP contribution is -2.50. The highest BCUT2D eigenvalue weighted by atomic mass is 15.3. The first-order valence-electron chi connectivity index (χ1n) is 6.97. The van der Waals surface area contributed by atoms with E-state index >= 15 is 0 Å². The van der Waals surface area contributed by atoms with Gasteiger partial charge in [0.2, 0.25) is 0 Å². The molecule has 2 saturated heterocycles. The zero-order chi connectivity index (χ0) is 11.4. The van der Waals surface area contributed by atoms with Crippen molar-refractivity contribution in [1.82, 2.24) is 9.80 Å². The zero-order valence-electron chi connectivity index (χ0n) is 10.7. The Morgan fingerprint density at radius 3 is 2.94 bits per heavy atom. The molecule has 0 aromatic carbocycles. The SMILES string of the molecule is CC(N)CCCCN1CCN2CCCC2C1. The topological polar surface area (TPSA) is 32.5 Å². The average Bonchev–Trinajstić information content (AvgIpc) is 2.71. The minimum atomic E-state index is 0.381. The number of fused-ring (bicyclic) bond motifs is 1.